The summed E-state index contributed by atoms with van der Waals surface area (Å²) in [5, 5.41) is 22.3. The van der Waals surface area contributed by atoms with Crippen molar-refractivity contribution in [3.05, 3.63) is 27.9 Å². The van der Waals surface area contributed by atoms with E-state index in [0.717, 1.165) is 6.20 Å². The number of pyridine rings is 1. The van der Waals surface area contributed by atoms with Crippen molar-refractivity contribution < 1.29 is 19.6 Å². The highest BCUT2D eigenvalue weighted by Crippen LogP contribution is 2.19. The first-order chi connectivity index (χ1) is 8.95. The normalized spacial score (nSPS) is 11.9. The minimum atomic E-state index is -1.03. The van der Waals surface area contributed by atoms with Gasteiger partial charge in [-0.2, -0.15) is 0 Å². The SMILES string of the molecule is COCCC(Nc1ncc([N+](=O)[O-])cc1C)C(=O)O. The van der Waals surface area contributed by atoms with Gasteiger partial charge in [-0.05, 0) is 12.5 Å². The number of hydrogen-bond donors (Lipinski definition) is 2. The zero-order chi connectivity index (χ0) is 14.4. The molecule has 1 rings (SSSR count). The first-order valence-electron chi connectivity index (χ1n) is 5.55. The molecule has 0 saturated heterocycles. The Labute approximate surface area is 109 Å². The van der Waals surface area contributed by atoms with E-state index >= 15 is 0 Å². The summed E-state index contributed by atoms with van der Waals surface area (Å²) in [5.74, 6) is -0.717. The summed E-state index contributed by atoms with van der Waals surface area (Å²) in [4.78, 5) is 24.9. The number of anilines is 1. The van der Waals surface area contributed by atoms with Crippen LogP contribution in [-0.2, 0) is 9.53 Å². The highest BCUT2D eigenvalue weighted by Gasteiger charge is 2.19. The minimum absolute atomic E-state index is 0.133. The molecule has 8 nitrogen and oxygen atoms in total. The van der Waals surface area contributed by atoms with Crippen molar-refractivity contribution in [3.63, 3.8) is 0 Å². The maximum absolute atomic E-state index is 11.0. The number of methoxy groups -OCH3 is 1. The summed E-state index contributed by atoms with van der Waals surface area (Å²) in [6, 6.07) is 0.484. The molecule has 8 heteroatoms. The Kier molecular flexibility index (Phi) is 5.19. The van der Waals surface area contributed by atoms with Crippen molar-refractivity contribution in [1.82, 2.24) is 4.98 Å². The monoisotopic (exact) mass is 269 g/mol. The highest BCUT2D eigenvalue weighted by atomic mass is 16.6. The molecule has 0 bridgehead atoms. The van der Waals surface area contributed by atoms with Crippen LogP contribution in [0.4, 0.5) is 11.5 Å². The van der Waals surface area contributed by atoms with Crippen LogP contribution in [0.5, 0.6) is 0 Å². The lowest BCUT2D eigenvalue weighted by molar-refractivity contribution is -0.385. The van der Waals surface area contributed by atoms with Crippen molar-refractivity contribution in [1.29, 1.82) is 0 Å². The van der Waals surface area contributed by atoms with E-state index in [2.05, 4.69) is 10.3 Å². The Morgan fingerprint density at radius 2 is 2.37 bits per heavy atom. The summed E-state index contributed by atoms with van der Waals surface area (Å²) < 4.78 is 4.83. The van der Waals surface area contributed by atoms with Gasteiger partial charge in [0, 0.05) is 26.2 Å². The molecule has 0 aliphatic heterocycles. The summed E-state index contributed by atoms with van der Waals surface area (Å²) in [6.45, 7) is 1.91. The van der Waals surface area contributed by atoms with Crippen LogP contribution in [0.2, 0.25) is 0 Å². The molecule has 0 radical (unpaired) electrons. The molecule has 104 valence electrons. The highest BCUT2D eigenvalue weighted by molar-refractivity contribution is 5.77. The summed E-state index contributed by atoms with van der Waals surface area (Å²) >= 11 is 0. The molecule has 1 atom stereocenters. The maximum Gasteiger partial charge on any atom is 0.326 e. The third-order valence-electron chi connectivity index (χ3n) is 2.49. The van der Waals surface area contributed by atoms with Crippen molar-refractivity contribution in [3.8, 4) is 0 Å². The average molecular weight is 269 g/mol. The van der Waals surface area contributed by atoms with Gasteiger partial charge in [-0.1, -0.05) is 0 Å². The Hall–Kier alpha value is -2.22. The van der Waals surface area contributed by atoms with Crippen LogP contribution in [0.3, 0.4) is 0 Å². The van der Waals surface area contributed by atoms with Crippen molar-refractivity contribution >= 4 is 17.5 Å². The lowest BCUT2D eigenvalue weighted by Gasteiger charge is -2.15. The molecular weight excluding hydrogens is 254 g/mol. The molecule has 1 unspecified atom stereocenters. The van der Waals surface area contributed by atoms with Gasteiger partial charge in [0.2, 0.25) is 0 Å². The van der Waals surface area contributed by atoms with Gasteiger partial charge in [0.05, 0.1) is 4.92 Å². The zero-order valence-corrected chi connectivity index (χ0v) is 10.6. The van der Waals surface area contributed by atoms with E-state index in [1.165, 1.54) is 13.2 Å². The third-order valence-corrected chi connectivity index (χ3v) is 2.49. The van der Waals surface area contributed by atoms with Crippen LogP contribution in [0.15, 0.2) is 12.3 Å². The predicted octanol–water partition coefficient (Wildman–Crippen LogP) is 1.20. The number of ether oxygens (including phenoxy) is 1. The summed E-state index contributed by atoms with van der Waals surface area (Å²) in [6.07, 6.45) is 1.36. The predicted molar refractivity (Wildman–Crippen MR) is 67.2 cm³/mol. The fraction of sp³-hybridized carbons (Fsp3) is 0.455. The van der Waals surface area contributed by atoms with Gasteiger partial charge in [0.15, 0.2) is 0 Å². The molecule has 1 aromatic rings. The lowest BCUT2D eigenvalue weighted by Crippen LogP contribution is -2.31. The van der Waals surface area contributed by atoms with Crippen molar-refractivity contribution in [2.24, 2.45) is 0 Å². The molecule has 19 heavy (non-hydrogen) atoms. The van der Waals surface area contributed by atoms with E-state index < -0.39 is 16.9 Å². The van der Waals surface area contributed by atoms with E-state index in [1.54, 1.807) is 6.92 Å². The molecule has 0 saturated carbocycles. The quantitative estimate of drug-likeness (QED) is 0.564. The Morgan fingerprint density at radius 3 is 2.84 bits per heavy atom. The fourth-order valence-electron chi connectivity index (χ4n) is 1.47. The molecule has 1 aromatic heterocycles. The molecule has 0 spiro atoms. The molecule has 0 aliphatic carbocycles. The lowest BCUT2D eigenvalue weighted by atomic mass is 10.2. The second-order valence-electron chi connectivity index (χ2n) is 3.93. The molecule has 1 heterocycles. The van der Waals surface area contributed by atoms with Crippen LogP contribution < -0.4 is 5.32 Å². The molecule has 0 aromatic carbocycles. The van der Waals surface area contributed by atoms with E-state index in [4.69, 9.17) is 9.84 Å². The molecule has 0 fully saturated rings. The summed E-state index contributed by atoms with van der Waals surface area (Å²) in [7, 11) is 1.48. The van der Waals surface area contributed by atoms with Gasteiger partial charge in [0.25, 0.3) is 5.69 Å². The number of aliphatic carboxylic acids is 1. The molecule has 0 amide bonds. The number of nitrogens with zero attached hydrogens (tertiary/aromatic N) is 2. The Balaban J connectivity index is 2.84. The number of aryl methyl sites for hydroxylation is 1. The number of carboxylic acid groups (broad SMARTS) is 1. The second-order valence-corrected chi connectivity index (χ2v) is 3.93. The van der Waals surface area contributed by atoms with Gasteiger partial charge >= 0.3 is 5.97 Å². The minimum Gasteiger partial charge on any atom is -0.480 e. The van der Waals surface area contributed by atoms with Gasteiger partial charge in [-0.15, -0.1) is 0 Å². The molecular formula is C11H15N3O5. The van der Waals surface area contributed by atoms with E-state index in [9.17, 15) is 14.9 Å². The van der Waals surface area contributed by atoms with Crippen LogP contribution >= 0.6 is 0 Å². The van der Waals surface area contributed by atoms with Crippen LogP contribution in [-0.4, -0.2) is 40.7 Å². The van der Waals surface area contributed by atoms with Crippen LogP contribution in [0, 0.1) is 17.0 Å². The summed E-state index contributed by atoms with van der Waals surface area (Å²) in [5.41, 5.74) is 0.379. The number of hydrogen-bond acceptors (Lipinski definition) is 6. The van der Waals surface area contributed by atoms with Crippen LogP contribution in [0.1, 0.15) is 12.0 Å². The van der Waals surface area contributed by atoms with E-state index in [1.807, 2.05) is 0 Å². The van der Waals surface area contributed by atoms with Crippen molar-refractivity contribution in [2.45, 2.75) is 19.4 Å². The van der Waals surface area contributed by atoms with Crippen molar-refractivity contribution in [2.75, 3.05) is 19.0 Å². The van der Waals surface area contributed by atoms with Gasteiger partial charge in [0.1, 0.15) is 18.1 Å². The fourth-order valence-corrected chi connectivity index (χ4v) is 1.47. The number of nitrogens with one attached hydrogen (secondary N) is 1. The number of carboxylic acids is 1. The number of aromatic nitrogens is 1. The topological polar surface area (TPSA) is 115 Å². The number of rotatable bonds is 7. The standard InChI is InChI=1S/C11H15N3O5/c1-7-5-8(14(17)18)6-12-10(7)13-9(11(15)16)3-4-19-2/h5-6,9H,3-4H2,1-2H3,(H,12,13)(H,15,16). The largest absolute Gasteiger partial charge is 0.480 e. The third kappa shape index (κ3) is 4.18. The van der Waals surface area contributed by atoms with Gasteiger partial charge < -0.3 is 15.2 Å². The number of nitro groups is 1. The Bertz CT molecular complexity index is 477. The van der Waals surface area contributed by atoms with Crippen LogP contribution in [0.25, 0.3) is 0 Å². The molecule has 0 aliphatic rings. The first-order valence-corrected chi connectivity index (χ1v) is 5.55. The first kappa shape index (κ1) is 14.8. The second kappa shape index (κ2) is 6.64. The molecule has 2 N–H and O–H groups in total. The Morgan fingerprint density at radius 1 is 1.68 bits per heavy atom. The van der Waals surface area contributed by atoms with E-state index in [0.29, 0.717) is 11.4 Å². The zero-order valence-electron chi connectivity index (χ0n) is 10.6. The average Bonchev–Trinajstić information content (AvgIpc) is 2.35. The van der Waals surface area contributed by atoms with E-state index in [-0.39, 0.29) is 18.7 Å². The van der Waals surface area contributed by atoms with Gasteiger partial charge in [-0.25, -0.2) is 9.78 Å². The number of carbonyl (C=O) groups is 1. The maximum atomic E-state index is 11.0. The van der Waals surface area contributed by atoms with Gasteiger partial charge in [-0.3, -0.25) is 10.1 Å². The smallest absolute Gasteiger partial charge is 0.326 e.